The second-order valence-corrected chi connectivity index (χ2v) is 4.63. The van der Waals surface area contributed by atoms with Crippen LogP contribution >= 0.6 is 11.8 Å². The summed E-state index contributed by atoms with van der Waals surface area (Å²) in [6.45, 7) is 1.76. The summed E-state index contributed by atoms with van der Waals surface area (Å²) in [6, 6.07) is -0.375. The van der Waals surface area contributed by atoms with E-state index in [0.717, 1.165) is 5.75 Å². The molecule has 5 nitrogen and oxygen atoms in total. The Kier molecular flexibility index (Phi) is 3.19. The Bertz CT molecular complexity index is 436. The lowest BCUT2D eigenvalue weighted by Crippen LogP contribution is -2.37. The number of hydrogen-bond donors (Lipinski definition) is 1. The third-order valence-corrected chi connectivity index (χ3v) is 3.24. The van der Waals surface area contributed by atoms with Gasteiger partial charge in [0.05, 0.1) is 17.9 Å². The average Bonchev–Trinajstić information content (AvgIpc) is 2.64. The maximum Gasteiger partial charge on any atom is 0.272 e. The molecule has 1 saturated heterocycles. The lowest BCUT2D eigenvalue weighted by atomic mass is 10.2. The smallest absolute Gasteiger partial charge is 0.272 e. The topological polar surface area (TPSA) is 72.0 Å². The molecule has 1 unspecified atom stereocenters. The van der Waals surface area contributed by atoms with Crippen molar-refractivity contribution in [2.24, 2.45) is 0 Å². The molecule has 1 aromatic heterocycles. The van der Waals surface area contributed by atoms with Crippen molar-refractivity contribution < 1.29 is 9.59 Å². The van der Waals surface area contributed by atoms with E-state index in [1.54, 1.807) is 13.1 Å². The summed E-state index contributed by atoms with van der Waals surface area (Å²) in [5, 5.41) is 2.68. The van der Waals surface area contributed by atoms with Gasteiger partial charge in [0.2, 0.25) is 5.12 Å². The number of nitrogens with zero attached hydrogens (tertiary/aromatic N) is 2. The fourth-order valence-corrected chi connectivity index (χ4v) is 2.36. The summed E-state index contributed by atoms with van der Waals surface area (Å²) >= 11 is 1.26. The van der Waals surface area contributed by atoms with Gasteiger partial charge < -0.3 is 5.32 Å². The first kappa shape index (κ1) is 11.1. The van der Waals surface area contributed by atoms with Gasteiger partial charge in [0.25, 0.3) is 5.91 Å². The van der Waals surface area contributed by atoms with Crippen LogP contribution in [-0.4, -0.2) is 32.8 Å². The third kappa shape index (κ3) is 2.38. The summed E-state index contributed by atoms with van der Waals surface area (Å²) in [5.74, 6) is 0.431. The predicted octanol–water partition coefficient (Wildman–Crippen LogP) is 0.547. The summed E-state index contributed by atoms with van der Waals surface area (Å²) in [4.78, 5) is 31.0. The van der Waals surface area contributed by atoms with E-state index in [0.29, 0.717) is 12.1 Å². The second kappa shape index (κ2) is 4.61. The Morgan fingerprint density at radius 1 is 1.56 bits per heavy atom. The van der Waals surface area contributed by atoms with Crippen LogP contribution in [0.4, 0.5) is 0 Å². The van der Waals surface area contributed by atoms with Crippen LogP contribution in [0.1, 0.15) is 22.6 Å². The Balaban J connectivity index is 2.05. The van der Waals surface area contributed by atoms with Gasteiger partial charge in [-0.3, -0.25) is 14.6 Å². The molecule has 84 valence electrons. The van der Waals surface area contributed by atoms with E-state index < -0.39 is 0 Å². The van der Waals surface area contributed by atoms with Gasteiger partial charge in [0.15, 0.2) is 0 Å². The molecule has 16 heavy (non-hydrogen) atoms. The fraction of sp³-hybridized carbons (Fsp3) is 0.400. The molecular formula is C10H11N3O2S. The summed E-state index contributed by atoms with van der Waals surface area (Å²) in [6.07, 6.45) is 3.66. The Morgan fingerprint density at radius 2 is 2.38 bits per heavy atom. The molecule has 1 atom stereocenters. The monoisotopic (exact) mass is 237 g/mol. The number of nitrogens with one attached hydrogen (secondary N) is 1. The largest absolute Gasteiger partial charge is 0.340 e. The molecule has 0 aromatic carbocycles. The molecule has 6 heteroatoms. The normalized spacial score (nSPS) is 19.8. The van der Waals surface area contributed by atoms with Gasteiger partial charge in [0, 0.05) is 11.9 Å². The van der Waals surface area contributed by atoms with Gasteiger partial charge in [-0.05, 0) is 13.3 Å². The van der Waals surface area contributed by atoms with Gasteiger partial charge in [-0.25, -0.2) is 4.98 Å². The van der Waals surface area contributed by atoms with E-state index in [1.807, 2.05) is 0 Å². The van der Waals surface area contributed by atoms with Crippen LogP contribution in [0, 0.1) is 6.92 Å². The first-order chi connectivity index (χ1) is 7.66. The molecule has 0 spiro atoms. The molecule has 1 amide bonds. The van der Waals surface area contributed by atoms with Gasteiger partial charge in [-0.2, -0.15) is 0 Å². The Morgan fingerprint density at radius 3 is 3.00 bits per heavy atom. The number of aromatic nitrogens is 2. The summed E-state index contributed by atoms with van der Waals surface area (Å²) in [5.41, 5.74) is 0.935. The van der Waals surface area contributed by atoms with Gasteiger partial charge >= 0.3 is 0 Å². The van der Waals surface area contributed by atoms with E-state index in [1.165, 1.54) is 18.0 Å². The molecule has 0 radical (unpaired) electrons. The predicted molar refractivity (Wildman–Crippen MR) is 60.1 cm³/mol. The minimum absolute atomic E-state index is 0.0222. The minimum Gasteiger partial charge on any atom is -0.340 e. The third-order valence-electron chi connectivity index (χ3n) is 2.23. The van der Waals surface area contributed by atoms with Crippen molar-refractivity contribution in [2.45, 2.75) is 19.4 Å². The van der Waals surface area contributed by atoms with E-state index in [-0.39, 0.29) is 22.8 Å². The first-order valence-electron chi connectivity index (χ1n) is 4.93. The van der Waals surface area contributed by atoms with Gasteiger partial charge in [-0.1, -0.05) is 11.8 Å². The molecule has 0 aliphatic carbocycles. The molecule has 2 rings (SSSR count). The number of amides is 1. The average molecular weight is 237 g/mol. The van der Waals surface area contributed by atoms with E-state index in [2.05, 4.69) is 15.3 Å². The number of hydrogen-bond acceptors (Lipinski definition) is 5. The van der Waals surface area contributed by atoms with Crippen LogP contribution in [0.15, 0.2) is 12.4 Å². The van der Waals surface area contributed by atoms with Crippen molar-refractivity contribution in [3.8, 4) is 0 Å². The zero-order valence-corrected chi connectivity index (χ0v) is 9.58. The molecule has 1 aromatic rings. The van der Waals surface area contributed by atoms with E-state index in [4.69, 9.17) is 0 Å². The summed E-state index contributed by atoms with van der Waals surface area (Å²) < 4.78 is 0. The highest BCUT2D eigenvalue weighted by atomic mass is 32.2. The fourth-order valence-electron chi connectivity index (χ4n) is 1.43. The van der Waals surface area contributed by atoms with Crippen LogP contribution < -0.4 is 5.32 Å². The standard InChI is InChI=1S/C10H11N3O2S/c1-6-4-11-5-8(12-6)9(14)13-7-2-3-16-10(7)15/h4-5,7H,2-3H2,1H3,(H,13,14). The molecule has 0 saturated carbocycles. The number of rotatable bonds is 2. The SMILES string of the molecule is Cc1cncc(C(=O)NC2CCSC2=O)n1. The quantitative estimate of drug-likeness (QED) is 0.813. The molecule has 2 heterocycles. The molecule has 1 aliphatic rings. The highest BCUT2D eigenvalue weighted by molar-refractivity contribution is 8.14. The zero-order valence-electron chi connectivity index (χ0n) is 8.77. The van der Waals surface area contributed by atoms with Gasteiger partial charge in [0.1, 0.15) is 5.69 Å². The van der Waals surface area contributed by atoms with Crippen LogP contribution in [0.5, 0.6) is 0 Å². The van der Waals surface area contributed by atoms with Crippen LogP contribution in [0.3, 0.4) is 0 Å². The number of aryl methyl sites for hydroxylation is 1. The lowest BCUT2D eigenvalue weighted by Gasteiger charge is -2.09. The highest BCUT2D eigenvalue weighted by Crippen LogP contribution is 2.19. The Hall–Kier alpha value is -1.43. The summed E-state index contributed by atoms with van der Waals surface area (Å²) in [7, 11) is 0. The zero-order chi connectivity index (χ0) is 11.5. The van der Waals surface area contributed by atoms with Crippen molar-refractivity contribution in [3.05, 3.63) is 23.8 Å². The maximum absolute atomic E-state index is 11.7. The first-order valence-corrected chi connectivity index (χ1v) is 5.91. The minimum atomic E-state index is -0.375. The second-order valence-electron chi connectivity index (χ2n) is 3.53. The molecule has 0 bridgehead atoms. The van der Waals surface area contributed by atoms with Crippen molar-refractivity contribution >= 4 is 22.8 Å². The molecule has 1 N–H and O–H groups in total. The van der Waals surface area contributed by atoms with Gasteiger partial charge in [-0.15, -0.1) is 0 Å². The van der Waals surface area contributed by atoms with Crippen LogP contribution in [0.25, 0.3) is 0 Å². The van der Waals surface area contributed by atoms with Crippen molar-refractivity contribution in [1.82, 2.24) is 15.3 Å². The van der Waals surface area contributed by atoms with E-state index in [9.17, 15) is 9.59 Å². The lowest BCUT2D eigenvalue weighted by molar-refractivity contribution is -0.112. The molecule has 1 aliphatic heterocycles. The van der Waals surface area contributed by atoms with Crippen molar-refractivity contribution in [3.63, 3.8) is 0 Å². The Labute approximate surface area is 97.1 Å². The van der Waals surface area contributed by atoms with Crippen LogP contribution in [0.2, 0.25) is 0 Å². The van der Waals surface area contributed by atoms with Crippen molar-refractivity contribution in [2.75, 3.05) is 5.75 Å². The number of thioether (sulfide) groups is 1. The number of carbonyl (C=O) groups excluding carboxylic acids is 2. The van der Waals surface area contributed by atoms with Crippen LogP contribution in [-0.2, 0) is 4.79 Å². The van der Waals surface area contributed by atoms with Crippen molar-refractivity contribution in [1.29, 1.82) is 0 Å². The maximum atomic E-state index is 11.7. The molecule has 1 fully saturated rings. The van der Waals surface area contributed by atoms with E-state index >= 15 is 0 Å². The number of carbonyl (C=O) groups is 2. The highest BCUT2D eigenvalue weighted by Gasteiger charge is 2.27. The molecular weight excluding hydrogens is 226 g/mol.